The van der Waals surface area contributed by atoms with Gasteiger partial charge in [-0.3, -0.25) is 14.7 Å². The first kappa shape index (κ1) is 12.3. The molecule has 0 aliphatic heterocycles. The van der Waals surface area contributed by atoms with Crippen LogP contribution in [0.5, 0.6) is 0 Å². The first-order valence-electron chi connectivity index (χ1n) is 5.78. The Balaban J connectivity index is 2.17. The van der Waals surface area contributed by atoms with Gasteiger partial charge in [0.05, 0.1) is 0 Å². The second-order valence-electron chi connectivity index (χ2n) is 4.31. The summed E-state index contributed by atoms with van der Waals surface area (Å²) in [5, 5.41) is 14.9. The molecule has 1 aromatic heterocycles. The van der Waals surface area contributed by atoms with Crippen LogP contribution in [0.2, 0.25) is 0 Å². The number of nitrogens with two attached hydrogens (primary N) is 1. The summed E-state index contributed by atoms with van der Waals surface area (Å²) in [6.07, 6.45) is 3.66. The van der Waals surface area contributed by atoms with Gasteiger partial charge >= 0.3 is 5.97 Å². The van der Waals surface area contributed by atoms with E-state index in [9.17, 15) is 9.59 Å². The number of nitrogens with one attached hydrogen (secondary N) is 1. The average Bonchev–Trinajstić information content (AvgIpc) is 2.95. The summed E-state index contributed by atoms with van der Waals surface area (Å²) in [5.74, 6) is -1.54. The summed E-state index contributed by atoms with van der Waals surface area (Å²) in [6.45, 7) is -0.329. The lowest BCUT2D eigenvalue weighted by Crippen LogP contribution is -2.42. The molecular formula is C10H15N5O3. The quantitative estimate of drug-likeness (QED) is 0.685. The lowest BCUT2D eigenvalue weighted by Gasteiger charge is -2.26. The number of nitrogens with zero attached hydrogens (tertiary/aromatic N) is 3. The number of hydrogen-bond acceptors (Lipinski definition) is 5. The number of carbonyl (C=O) groups excluding carboxylic acids is 1. The van der Waals surface area contributed by atoms with Gasteiger partial charge in [0.1, 0.15) is 6.54 Å². The van der Waals surface area contributed by atoms with Crippen molar-refractivity contribution in [3.63, 3.8) is 0 Å². The van der Waals surface area contributed by atoms with Crippen molar-refractivity contribution in [2.24, 2.45) is 0 Å². The Morgan fingerprint density at radius 2 is 2.11 bits per heavy atom. The van der Waals surface area contributed by atoms with Gasteiger partial charge in [0.2, 0.25) is 11.8 Å². The Kier molecular flexibility index (Phi) is 3.45. The van der Waals surface area contributed by atoms with Crippen molar-refractivity contribution < 1.29 is 14.7 Å². The van der Waals surface area contributed by atoms with Gasteiger partial charge < -0.3 is 15.7 Å². The van der Waals surface area contributed by atoms with E-state index in [0.717, 1.165) is 25.7 Å². The summed E-state index contributed by atoms with van der Waals surface area (Å²) in [6, 6.07) is -0.0417. The molecule has 1 fully saturated rings. The maximum atomic E-state index is 12.2. The highest BCUT2D eigenvalue weighted by Gasteiger charge is 2.30. The van der Waals surface area contributed by atoms with Crippen molar-refractivity contribution >= 4 is 17.8 Å². The standard InChI is InChI=1S/C10H15N5O3/c11-10-12-8(13-14-10)9(18)15(5-7(16)17)6-3-1-2-4-6/h6H,1-5H2,(H,16,17)(H3,11,12,13,14). The fourth-order valence-electron chi connectivity index (χ4n) is 2.23. The molecule has 0 atom stereocenters. The number of nitrogen functional groups attached to an aromatic ring is 1. The molecule has 1 amide bonds. The number of H-pyrrole nitrogens is 1. The van der Waals surface area contributed by atoms with E-state index in [-0.39, 0.29) is 24.4 Å². The lowest BCUT2D eigenvalue weighted by atomic mass is 10.2. The van der Waals surface area contributed by atoms with Gasteiger partial charge in [-0.2, -0.15) is 4.98 Å². The van der Waals surface area contributed by atoms with Crippen LogP contribution in [0.25, 0.3) is 0 Å². The van der Waals surface area contributed by atoms with E-state index >= 15 is 0 Å². The number of aromatic nitrogens is 3. The third kappa shape index (κ3) is 2.58. The molecule has 0 spiro atoms. The first-order valence-corrected chi connectivity index (χ1v) is 5.78. The zero-order valence-electron chi connectivity index (χ0n) is 9.80. The maximum absolute atomic E-state index is 12.2. The first-order chi connectivity index (χ1) is 8.58. The number of carboxylic acid groups (broad SMARTS) is 1. The smallest absolute Gasteiger partial charge is 0.323 e. The minimum absolute atomic E-state index is 0.0133. The number of aromatic amines is 1. The molecule has 0 aromatic carbocycles. The predicted molar refractivity (Wildman–Crippen MR) is 61.7 cm³/mol. The van der Waals surface area contributed by atoms with E-state index in [1.807, 2.05) is 0 Å². The van der Waals surface area contributed by atoms with Crippen molar-refractivity contribution in [1.82, 2.24) is 20.1 Å². The molecule has 0 bridgehead atoms. The monoisotopic (exact) mass is 253 g/mol. The van der Waals surface area contributed by atoms with E-state index in [0.29, 0.717) is 0 Å². The van der Waals surface area contributed by atoms with Gasteiger partial charge in [-0.15, -0.1) is 5.10 Å². The van der Waals surface area contributed by atoms with Crippen molar-refractivity contribution in [2.75, 3.05) is 12.3 Å². The molecule has 98 valence electrons. The summed E-state index contributed by atoms with van der Waals surface area (Å²) >= 11 is 0. The third-order valence-electron chi connectivity index (χ3n) is 3.04. The molecule has 1 saturated carbocycles. The Bertz CT molecular complexity index is 452. The number of aliphatic carboxylic acids is 1. The van der Waals surface area contributed by atoms with E-state index in [1.54, 1.807) is 0 Å². The molecule has 1 aromatic rings. The largest absolute Gasteiger partial charge is 0.480 e. The average molecular weight is 253 g/mol. The van der Waals surface area contributed by atoms with Crippen LogP contribution in [0.1, 0.15) is 36.3 Å². The summed E-state index contributed by atoms with van der Waals surface area (Å²) in [4.78, 5) is 28.1. The summed E-state index contributed by atoms with van der Waals surface area (Å²) < 4.78 is 0. The van der Waals surface area contributed by atoms with Crippen LogP contribution >= 0.6 is 0 Å². The van der Waals surface area contributed by atoms with Gasteiger partial charge in [-0.25, -0.2) is 0 Å². The second-order valence-corrected chi connectivity index (χ2v) is 4.31. The fourth-order valence-corrected chi connectivity index (χ4v) is 2.23. The second kappa shape index (κ2) is 5.03. The topological polar surface area (TPSA) is 125 Å². The van der Waals surface area contributed by atoms with E-state index in [2.05, 4.69) is 15.2 Å². The van der Waals surface area contributed by atoms with Crippen LogP contribution in [0.3, 0.4) is 0 Å². The molecule has 1 aliphatic carbocycles. The summed E-state index contributed by atoms with van der Waals surface area (Å²) in [5.41, 5.74) is 5.33. The van der Waals surface area contributed by atoms with Crippen LogP contribution in [0.4, 0.5) is 5.95 Å². The molecule has 4 N–H and O–H groups in total. The molecule has 8 nitrogen and oxygen atoms in total. The zero-order chi connectivity index (χ0) is 13.1. The van der Waals surface area contributed by atoms with Crippen LogP contribution < -0.4 is 5.73 Å². The molecule has 2 rings (SSSR count). The van der Waals surface area contributed by atoms with Gasteiger partial charge in [0, 0.05) is 6.04 Å². The highest BCUT2D eigenvalue weighted by Crippen LogP contribution is 2.24. The predicted octanol–water partition coefficient (Wildman–Crippen LogP) is -0.144. The Hall–Kier alpha value is -2.12. The number of rotatable bonds is 4. The number of carbonyl (C=O) groups is 2. The van der Waals surface area contributed by atoms with Gasteiger partial charge in [-0.05, 0) is 12.8 Å². The van der Waals surface area contributed by atoms with Crippen LogP contribution in [-0.2, 0) is 4.79 Å². The van der Waals surface area contributed by atoms with E-state index < -0.39 is 11.9 Å². The fraction of sp³-hybridized carbons (Fsp3) is 0.600. The normalized spacial score (nSPS) is 15.8. The number of hydrogen-bond donors (Lipinski definition) is 3. The van der Waals surface area contributed by atoms with Crippen molar-refractivity contribution in [3.05, 3.63) is 5.82 Å². The molecule has 8 heteroatoms. The molecule has 0 unspecified atom stereocenters. The molecule has 0 saturated heterocycles. The van der Waals surface area contributed by atoms with E-state index in [1.165, 1.54) is 4.90 Å². The van der Waals surface area contributed by atoms with Crippen LogP contribution in [-0.4, -0.2) is 49.7 Å². The number of amides is 1. The Labute approximate surface area is 103 Å². The molecule has 1 heterocycles. The third-order valence-corrected chi connectivity index (χ3v) is 3.04. The van der Waals surface area contributed by atoms with Gasteiger partial charge in [0.15, 0.2) is 0 Å². The molecule has 1 aliphatic rings. The van der Waals surface area contributed by atoms with Gasteiger partial charge in [-0.1, -0.05) is 12.8 Å². The minimum Gasteiger partial charge on any atom is -0.480 e. The molecule has 0 radical (unpaired) electrons. The van der Waals surface area contributed by atoms with Crippen LogP contribution in [0.15, 0.2) is 0 Å². The van der Waals surface area contributed by atoms with Gasteiger partial charge in [0.25, 0.3) is 5.91 Å². The highest BCUT2D eigenvalue weighted by molar-refractivity contribution is 5.93. The minimum atomic E-state index is -1.04. The lowest BCUT2D eigenvalue weighted by molar-refractivity contribution is -0.138. The van der Waals surface area contributed by atoms with Crippen molar-refractivity contribution in [3.8, 4) is 0 Å². The highest BCUT2D eigenvalue weighted by atomic mass is 16.4. The number of anilines is 1. The summed E-state index contributed by atoms with van der Waals surface area (Å²) in [7, 11) is 0. The van der Waals surface area contributed by atoms with Crippen molar-refractivity contribution in [2.45, 2.75) is 31.7 Å². The Morgan fingerprint density at radius 1 is 1.44 bits per heavy atom. The number of carboxylic acids is 1. The van der Waals surface area contributed by atoms with Crippen LogP contribution in [0, 0.1) is 0 Å². The SMILES string of the molecule is Nc1n[nH]c(C(=O)N(CC(=O)O)C2CCCC2)n1. The maximum Gasteiger partial charge on any atom is 0.323 e. The van der Waals surface area contributed by atoms with Crippen molar-refractivity contribution in [1.29, 1.82) is 0 Å². The zero-order valence-corrected chi connectivity index (χ0v) is 9.80. The Morgan fingerprint density at radius 3 is 2.61 bits per heavy atom. The molecule has 18 heavy (non-hydrogen) atoms. The molecular weight excluding hydrogens is 238 g/mol. The van der Waals surface area contributed by atoms with E-state index in [4.69, 9.17) is 10.8 Å².